The van der Waals surface area contributed by atoms with E-state index in [0.717, 1.165) is 5.01 Å². The monoisotopic (exact) mass is 389 g/mol. The molecule has 0 aromatic heterocycles. The van der Waals surface area contributed by atoms with E-state index in [1.54, 1.807) is 24.3 Å². The van der Waals surface area contributed by atoms with Gasteiger partial charge in [0, 0.05) is 22.7 Å². The van der Waals surface area contributed by atoms with Crippen molar-refractivity contribution in [2.24, 2.45) is 0 Å². The number of anilines is 1. The summed E-state index contributed by atoms with van der Waals surface area (Å²) in [5.74, 6) is -2.38. The number of hydrogen-bond acceptors (Lipinski definition) is 5. The number of hydrogen-bond donors (Lipinski definition) is 4. The molecular weight excluding hydrogens is 374 g/mol. The number of aliphatic carboxylic acids is 1. The van der Waals surface area contributed by atoms with Crippen LogP contribution in [0.5, 0.6) is 5.75 Å². The molecule has 0 bridgehead atoms. The molecule has 2 aromatic rings. The van der Waals surface area contributed by atoms with E-state index in [0.29, 0.717) is 16.3 Å². The normalized spacial score (nSPS) is 15.7. The van der Waals surface area contributed by atoms with Gasteiger partial charge in [-0.1, -0.05) is 23.7 Å². The number of para-hydroxylation sites is 1. The van der Waals surface area contributed by atoms with Crippen LogP contribution in [0.3, 0.4) is 0 Å². The molecule has 2 amide bonds. The summed E-state index contributed by atoms with van der Waals surface area (Å²) < 4.78 is 0. The number of carbonyl (C=O) groups is 3. The number of carboxylic acids is 1. The van der Waals surface area contributed by atoms with Gasteiger partial charge in [-0.2, -0.15) is 0 Å². The molecule has 0 spiro atoms. The lowest BCUT2D eigenvalue weighted by atomic mass is 10.0. The predicted molar refractivity (Wildman–Crippen MR) is 97.1 cm³/mol. The zero-order chi connectivity index (χ0) is 19.6. The molecular formula is C18H16ClN3O5. The fourth-order valence-electron chi connectivity index (χ4n) is 2.74. The van der Waals surface area contributed by atoms with Crippen molar-refractivity contribution in [2.75, 3.05) is 5.32 Å². The summed E-state index contributed by atoms with van der Waals surface area (Å²) >= 11 is 6.02. The molecule has 27 heavy (non-hydrogen) atoms. The van der Waals surface area contributed by atoms with Gasteiger partial charge in [0.15, 0.2) is 6.17 Å². The molecule has 1 aliphatic heterocycles. The minimum atomic E-state index is -1.12. The SMILES string of the molecule is O=C(O)CCC(=O)NN1C(=O)c2ccccc2N[C@@H]1c1cc(Cl)ccc1O. The second-order valence-corrected chi connectivity index (χ2v) is 6.34. The average molecular weight is 390 g/mol. The summed E-state index contributed by atoms with van der Waals surface area (Å²) in [5.41, 5.74) is 3.56. The van der Waals surface area contributed by atoms with E-state index >= 15 is 0 Å². The van der Waals surface area contributed by atoms with E-state index in [-0.39, 0.29) is 24.2 Å². The fourth-order valence-corrected chi connectivity index (χ4v) is 2.92. The first-order valence-electron chi connectivity index (χ1n) is 8.05. The van der Waals surface area contributed by atoms with E-state index in [2.05, 4.69) is 10.7 Å². The third-order valence-electron chi connectivity index (χ3n) is 4.02. The van der Waals surface area contributed by atoms with Gasteiger partial charge in [-0.3, -0.25) is 19.8 Å². The second kappa shape index (κ2) is 7.55. The van der Waals surface area contributed by atoms with E-state index < -0.39 is 23.9 Å². The van der Waals surface area contributed by atoms with Crippen LogP contribution < -0.4 is 10.7 Å². The standard InChI is InChI=1S/C18H16ClN3O5/c19-10-5-6-14(23)12(9-10)17-20-13-4-2-1-3-11(13)18(27)22(17)21-15(24)7-8-16(25)26/h1-6,9,17,20,23H,7-8H2,(H,21,24)(H,25,26)/t17-/m0/s1. The molecule has 1 atom stereocenters. The Morgan fingerprint density at radius 1 is 1.19 bits per heavy atom. The van der Waals surface area contributed by atoms with Gasteiger partial charge in [0.1, 0.15) is 5.75 Å². The number of rotatable bonds is 5. The van der Waals surface area contributed by atoms with Crippen molar-refractivity contribution >= 4 is 35.1 Å². The van der Waals surface area contributed by atoms with Crippen molar-refractivity contribution in [3.8, 4) is 5.75 Å². The number of carbonyl (C=O) groups excluding carboxylic acids is 2. The average Bonchev–Trinajstić information content (AvgIpc) is 2.64. The topological polar surface area (TPSA) is 119 Å². The molecule has 3 rings (SSSR count). The molecule has 0 saturated carbocycles. The maximum atomic E-state index is 12.9. The molecule has 0 aliphatic carbocycles. The zero-order valence-electron chi connectivity index (χ0n) is 14.0. The van der Waals surface area contributed by atoms with Crippen LogP contribution in [0, 0.1) is 0 Å². The van der Waals surface area contributed by atoms with Crippen molar-refractivity contribution in [2.45, 2.75) is 19.0 Å². The molecule has 0 saturated heterocycles. The van der Waals surface area contributed by atoms with Crippen LogP contribution in [-0.4, -0.2) is 33.0 Å². The van der Waals surface area contributed by atoms with Crippen molar-refractivity contribution in [1.29, 1.82) is 0 Å². The fraction of sp³-hybridized carbons (Fsp3) is 0.167. The van der Waals surface area contributed by atoms with Crippen LogP contribution in [0.15, 0.2) is 42.5 Å². The van der Waals surface area contributed by atoms with Gasteiger partial charge in [0.05, 0.1) is 12.0 Å². The lowest BCUT2D eigenvalue weighted by Gasteiger charge is -2.38. The summed E-state index contributed by atoms with van der Waals surface area (Å²) in [5, 5.41) is 23.4. The first-order chi connectivity index (χ1) is 12.9. The molecule has 4 N–H and O–H groups in total. The summed E-state index contributed by atoms with van der Waals surface area (Å²) in [4.78, 5) is 35.7. The van der Waals surface area contributed by atoms with E-state index in [1.165, 1.54) is 18.2 Å². The summed E-state index contributed by atoms with van der Waals surface area (Å²) in [7, 11) is 0. The summed E-state index contributed by atoms with van der Waals surface area (Å²) in [6, 6.07) is 11.1. The van der Waals surface area contributed by atoms with Gasteiger partial charge in [0.25, 0.3) is 5.91 Å². The Balaban J connectivity index is 1.97. The second-order valence-electron chi connectivity index (χ2n) is 5.90. The number of phenols is 1. The molecule has 1 heterocycles. The van der Waals surface area contributed by atoms with Gasteiger partial charge in [0.2, 0.25) is 5.91 Å². The minimum absolute atomic E-state index is 0.117. The molecule has 9 heteroatoms. The van der Waals surface area contributed by atoms with Crippen molar-refractivity contribution in [3.63, 3.8) is 0 Å². The molecule has 8 nitrogen and oxygen atoms in total. The van der Waals surface area contributed by atoms with Crippen LogP contribution in [0.25, 0.3) is 0 Å². The van der Waals surface area contributed by atoms with Gasteiger partial charge in [-0.05, 0) is 30.3 Å². The van der Waals surface area contributed by atoms with Gasteiger partial charge in [-0.25, -0.2) is 5.01 Å². The maximum absolute atomic E-state index is 12.9. The first kappa shape index (κ1) is 18.5. The third-order valence-corrected chi connectivity index (χ3v) is 4.26. The smallest absolute Gasteiger partial charge is 0.303 e. The number of aromatic hydroxyl groups is 1. The molecule has 1 aliphatic rings. The minimum Gasteiger partial charge on any atom is -0.508 e. The molecule has 140 valence electrons. The van der Waals surface area contributed by atoms with Crippen molar-refractivity contribution in [1.82, 2.24) is 10.4 Å². The van der Waals surface area contributed by atoms with Crippen molar-refractivity contribution in [3.05, 3.63) is 58.6 Å². The Kier molecular flexibility index (Phi) is 5.18. The molecule has 2 aromatic carbocycles. The van der Waals surface area contributed by atoms with Crippen molar-refractivity contribution < 1.29 is 24.6 Å². The Bertz CT molecular complexity index is 918. The summed E-state index contributed by atoms with van der Waals surface area (Å²) in [6.45, 7) is 0. The highest BCUT2D eigenvalue weighted by Crippen LogP contribution is 2.36. The third kappa shape index (κ3) is 3.95. The number of fused-ring (bicyclic) bond motifs is 1. The number of phenolic OH excluding ortho intramolecular Hbond substituents is 1. The van der Waals surface area contributed by atoms with Gasteiger partial charge >= 0.3 is 5.97 Å². The summed E-state index contributed by atoms with van der Waals surface area (Å²) in [6.07, 6.45) is -1.60. The highest BCUT2D eigenvalue weighted by atomic mass is 35.5. The number of benzene rings is 2. The van der Waals surface area contributed by atoms with Crippen LogP contribution in [0.4, 0.5) is 5.69 Å². The van der Waals surface area contributed by atoms with E-state index in [9.17, 15) is 19.5 Å². The van der Waals surface area contributed by atoms with E-state index in [4.69, 9.17) is 16.7 Å². The number of carboxylic acid groups (broad SMARTS) is 1. The predicted octanol–water partition coefficient (Wildman–Crippen LogP) is 2.51. The Morgan fingerprint density at radius 2 is 1.93 bits per heavy atom. The lowest BCUT2D eigenvalue weighted by molar-refractivity contribution is -0.139. The quantitative estimate of drug-likeness (QED) is 0.624. The molecule has 0 unspecified atom stereocenters. The van der Waals surface area contributed by atoms with Crippen LogP contribution in [0.1, 0.15) is 34.9 Å². The highest BCUT2D eigenvalue weighted by Gasteiger charge is 2.35. The molecule has 0 fully saturated rings. The van der Waals surface area contributed by atoms with Gasteiger partial charge < -0.3 is 15.5 Å². The van der Waals surface area contributed by atoms with Crippen LogP contribution >= 0.6 is 11.6 Å². The van der Waals surface area contributed by atoms with Crippen LogP contribution in [0.2, 0.25) is 5.02 Å². The number of hydrazine groups is 1. The van der Waals surface area contributed by atoms with Crippen LogP contribution in [-0.2, 0) is 9.59 Å². The largest absolute Gasteiger partial charge is 0.508 e. The Labute approximate surface area is 159 Å². The molecule has 0 radical (unpaired) electrons. The maximum Gasteiger partial charge on any atom is 0.303 e. The number of nitrogens with zero attached hydrogens (tertiary/aromatic N) is 1. The highest BCUT2D eigenvalue weighted by molar-refractivity contribution is 6.30. The zero-order valence-corrected chi connectivity index (χ0v) is 14.7. The first-order valence-corrected chi connectivity index (χ1v) is 8.43. The number of nitrogens with one attached hydrogen (secondary N) is 2. The van der Waals surface area contributed by atoms with E-state index in [1.807, 2.05) is 0 Å². The number of amides is 2. The Morgan fingerprint density at radius 3 is 2.67 bits per heavy atom. The number of halogens is 1. The Hall–Kier alpha value is -3.26. The lowest BCUT2D eigenvalue weighted by Crippen LogP contribution is -2.52. The van der Waals surface area contributed by atoms with Gasteiger partial charge in [-0.15, -0.1) is 0 Å².